The minimum Gasteiger partial charge on any atom is -0.481 e. The van der Waals surface area contributed by atoms with Gasteiger partial charge in [0.15, 0.2) is 0 Å². The van der Waals surface area contributed by atoms with Gasteiger partial charge in [0.2, 0.25) is 0 Å². The SMILES string of the molecule is Cc1nc(CC(=O)O)c(CN2CCc3ccccc3C2)s1. The van der Waals surface area contributed by atoms with Crippen LogP contribution in [0.4, 0.5) is 0 Å². The van der Waals surface area contributed by atoms with Gasteiger partial charge in [0.05, 0.1) is 17.1 Å². The van der Waals surface area contributed by atoms with E-state index in [0.717, 1.165) is 41.6 Å². The molecule has 0 radical (unpaired) electrons. The molecule has 0 fully saturated rings. The Morgan fingerprint density at radius 2 is 2.14 bits per heavy atom. The summed E-state index contributed by atoms with van der Waals surface area (Å²) in [6.07, 6.45) is 1.08. The van der Waals surface area contributed by atoms with E-state index in [4.69, 9.17) is 5.11 Å². The van der Waals surface area contributed by atoms with E-state index in [-0.39, 0.29) is 6.42 Å². The molecule has 1 aromatic heterocycles. The number of rotatable bonds is 4. The molecule has 0 saturated heterocycles. The molecule has 0 spiro atoms. The van der Waals surface area contributed by atoms with E-state index in [2.05, 4.69) is 34.1 Å². The number of hydrogen-bond donors (Lipinski definition) is 1. The minimum atomic E-state index is -0.814. The van der Waals surface area contributed by atoms with Crippen molar-refractivity contribution < 1.29 is 9.90 Å². The molecule has 2 aromatic rings. The van der Waals surface area contributed by atoms with E-state index in [0.29, 0.717) is 0 Å². The number of fused-ring (bicyclic) bond motifs is 1. The number of aromatic nitrogens is 1. The zero-order valence-electron chi connectivity index (χ0n) is 12.0. The van der Waals surface area contributed by atoms with Gasteiger partial charge in [0.1, 0.15) is 0 Å². The minimum absolute atomic E-state index is 0.0180. The fourth-order valence-corrected chi connectivity index (χ4v) is 3.80. The first-order valence-corrected chi connectivity index (χ1v) is 7.89. The molecule has 0 amide bonds. The quantitative estimate of drug-likeness (QED) is 0.943. The van der Waals surface area contributed by atoms with Crippen molar-refractivity contribution in [2.45, 2.75) is 32.9 Å². The number of carboxylic acid groups (broad SMARTS) is 1. The first kappa shape index (κ1) is 14.2. The first-order chi connectivity index (χ1) is 10.1. The highest BCUT2D eigenvalue weighted by Crippen LogP contribution is 2.24. The molecule has 3 rings (SSSR count). The second kappa shape index (κ2) is 5.95. The molecule has 2 heterocycles. The van der Waals surface area contributed by atoms with Crippen LogP contribution in [-0.2, 0) is 30.7 Å². The van der Waals surface area contributed by atoms with Gasteiger partial charge in [-0.3, -0.25) is 9.69 Å². The van der Waals surface area contributed by atoms with Gasteiger partial charge in [-0.1, -0.05) is 24.3 Å². The lowest BCUT2D eigenvalue weighted by Crippen LogP contribution is -2.30. The van der Waals surface area contributed by atoms with Crippen LogP contribution in [0.5, 0.6) is 0 Å². The second-order valence-corrected chi connectivity index (χ2v) is 6.69. The zero-order chi connectivity index (χ0) is 14.8. The molecule has 0 saturated carbocycles. The summed E-state index contributed by atoms with van der Waals surface area (Å²) < 4.78 is 0. The summed E-state index contributed by atoms with van der Waals surface area (Å²) >= 11 is 1.62. The molecule has 0 bridgehead atoms. The van der Waals surface area contributed by atoms with Crippen LogP contribution in [0.3, 0.4) is 0 Å². The Morgan fingerprint density at radius 1 is 1.38 bits per heavy atom. The molecule has 0 atom stereocenters. The van der Waals surface area contributed by atoms with E-state index in [1.54, 1.807) is 11.3 Å². The molecule has 0 aliphatic carbocycles. The second-order valence-electron chi connectivity index (χ2n) is 5.40. The maximum atomic E-state index is 10.9. The lowest BCUT2D eigenvalue weighted by atomic mass is 10.00. The molecular formula is C16H18N2O2S. The van der Waals surface area contributed by atoms with Crippen molar-refractivity contribution in [3.8, 4) is 0 Å². The Kier molecular flexibility index (Phi) is 4.03. The molecule has 1 aliphatic rings. The number of thiazole rings is 1. The fourth-order valence-electron chi connectivity index (χ4n) is 2.81. The summed E-state index contributed by atoms with van der Waals surface area (Å²) in [6, 6.07) is 8.54. The summed E-state index contributed by atoms with van der Waals surface area (Å²) in [6.45, 7) is 4.67. The first-order valence-electron chi connectivity index (χ1n) is 7.08. The third-order valence-electron chi connectivity index (χ3n) is 3.78. The third-order valence-corrected chi connectivity index (χ3v) is 4.78. The van der Waals surface area contributed by atoms with Crippen LogP contribution in [0, 0.1) is 6.92 Å². The molecule has 1 N–H and O–H groups in total. The lowest BCUT2D eigenvalue weighted by molar-refractivity contribution is -0.136. The van der Waals surface area contributed by atoms with Crippen molar-refractivity contribution in [2.24, 2.45) is 0 Å². The van der Waals surface area contributed by atoms with E-state index in [1.807, 2.05) is 6.92 Å². The highest BCUT2D eigenvalue weighted by atomic mass is 32.1. The highest BCUT2D eigenvalue weighted by molar-refractivity contribution is 7.11. The van der Waals surface area contributed by atoms with E-state index >= 15 is 0 Å². The van der Waals surface area contributed by atoms with Gasteiger partial charge in [0, 0.05) is 24.5 Å². The maximum absolute atomic E-state index is 10.9. The van der Waals surface area contributed by atoms with Gasteiger partial charge < -0.3 is 5.11 Å². The predicted octanol–water partition coefficient (Wildman–Crippen LogP) is 2.64. The van der Waals surface area contributed by atoms with Gasteiger partial charge in [-0.25, -0.2) is 4.98 Å². The van der Waals surface area contributed by atoms with Gasteiger partial charge in [-0.05, 0) is 24.5 Å². The molecule has 0 unspecified atom stereocenters. The number of aliphatic carboxylic acids is 1. The standard InChI is InChI=1S/C16H18N2O2S/c1-11-17-14(8-16(19)20)15(21-11)10-18-7-6-12-4-2-3-5-13(12)9-18/h2-5H,6-10H2,1H3,(H,19,20). The van der Waals surface area contributed by atoms with Crippen LogP contribution in [-0.4, -0.2) is 27.5 Å². The van der Waals surface area contributed by atoms with Crippen LogP contribution >= 0.6 is 11.3 Å². The monoisotopic (exact) mass is 302 g/mol. The van der Waals surface area contributed by atoms with E-state index in [1.165, 1.54) is 11.1 Å². The summed E-state index contributed by atoms with van der Waals surface area (Å²) in [5, 5.41) is 9.93. The van der Waals surface area contributed by atoms with Crippen LogP contribution in [0.2, 0.25) is 0 Å². The Labute approximate surface area is 128 Å². The van der Waals surface area contributed by atoms with Crippen LogP contribution in [0.1, 0.15) is 26.7 Å². The van der Waals surface area contributed by atoms with Gasteiger partial charge in [-0.2, -0.15) is 0 Å². The Morgan fingerprint density at radius 3 is 2.90 bits per heavy atom. The number of aryl methyl sites for hydroxylation is 1. The number of nitrogens with zero attached hydrogens (tertiary/aromatic N) is 2. The normalized spacial score (nSPS) is 14.9. The summed E-state index contributed by atoms with van der Waals surface area (Å²) in [5.41, 5.74) is 3.54. The Bertz CT molecular complexity index is 666. The number of carboxylic acids is 1. The maximum Gasteiger partial charge on any atom is 0.309 e. The van der Waals surface area contributed by atoms with Crippen LogP contribution < -0.4 is 0 Å². The smallest absolute Gasteiger partial charge is 0.309 e. The number of hydrogen-bond acceptors (Lipinski definition) is 4. The van der Waals surface area contributed by atoms with E-state index in [9.17, 15) is 4.79 Å². The average molecular weight is 302 g/mol. The Balaban J connectivity index is 1.75. The van der Waals surface area contributed by atoms with Crippen LogP contribution in [0.15, 0.2) is 24.3 Å². The van der Waals surface area contributed by atoms with Crippen molar-refractivity contribution in [3.63, 3.8) is 0 Å². The van der Waals surface area contributed by atoms with Gasteiger partial charge >= 0.3 is 5.97 Å². The van der Waals surface area contributed by atoms with Crippen molar-refractivity contribution in [1.29, 1.82) is 0 Å². The van der Waals surface area contributed by atoms with Crippen molar-refractivity contribution in [1.82, 2.24) is 9.88 Å². The predicted molar refractivity (Wildman–Crippen MR) is 82.5 cm³/mol. The largest absolute Gasteiger partial charge is 0.481 e. The fraction of sp³-hybridized carbons (Fsp3) is 0.375. The summed E-state index contributed by atoms with van der Waals surface area (Å²) in [5.74, 6) is -0.814. The van der Waals surface area contributed by atoms with Gasteiger partial charge in [0.25, 0.3) is 0 Å². The molecule has 1 aromatic carbocycles. The summed E-state index contributed by atoms with van der Waals surface area (Å²) in [4.78, 5) is 18.8. The van der Waals surface area contributed by atoms with Crippen LogP contribution in [0.25, 0.3) is 0 Å². The molecule has 21 heavy (non-hydrogen) atoms. The van der Waals surface area contributed by atoms with Crippen molar-refractivity contribution in [3.05, 3.63) is 51.0 Å². The third kappa shape index (κ3) is 3.31. The van der Waals surface area contributed by atoms with Crippen molar-refractivity contribution in [2.75, 3.05) is 6.54 Å². The van der Waals surface area contributed by atoms with Crippen molar-refractivity contribution >= 4 is 17.3 Å². The lowest BCUT2D eigenvalue weighted by Gasteiger charge is -2.28. The van der Waals surface area contributed by atoms with E-state index < -0.39 is 5.97 Å². The molecule has 5 heteroatoms. The molecular weight excluding hydrogens is 284 g/mol. The zero-order valence-corrected chi connectivity index (χ0v) is 12.8. The Hall–Kier alpha value is -1.72. The number of carbonyl (C=O) groups is 1. The molecule has 1 aliphatic heterocycles. The highest BCUT2D eigenvalue weighted by Gasteiger charge is 2.19. The average Bonchev–Trinajstić information content (AvgIpc) is 2.77. The summed E-state index contributed by atoms with van der Waals surface area (Å²) in [7, 11) is 0. The number of benzene rings is 1. The molecule has 110 valence electrons. The van der Waals surface area contributed by atoms with Gasteiger partial charge in [-0.15, -0.1) is 11.3 Å². The molecule has 4 nitrogen and oxygen atoms in total. The topological polar surface area (TPSA) is 53.4 Å².